The molecule has 0 aliphatic rings. The summed E-state index contributed by atoms with van der Waals surface area (Å²) in [4.78, 5) is 23.6. The lowest BCUT2D eigenvalue weighted by molar-refractivity contribution is -0.122. The molecule has 0 saturated heterocycles. The molecule has 0 N–H and O–H groups in total. The highest BCUT2D eigenvalue weighted by molar-refractivity contribution is 6.31. The van der Waals surface area contributed by atoms with E-state index < -0.39 is 23.5 Å². The number of hydrogen-bond donors (Lipinski definition) is 0. The number of aromatic nitrogens is 2. The van der Waals surface area contributed by atoms with E-state index in [1.807, 2.05) is 38.1 Å². The SMILES string of the molecule is Cc1cccc(C(Cc2ccc(F)cc2Cl)C(=O)C(Cc2ccc(F)cc2Cl)c2cccc(C)n2)n1. The molecule has 0 fully saturated rings. The van der Waals surface area contributed by atoms with Gasteiger partial charge >= 0.3 is 0 Å². The van der Waals surface area contributed by atoms with Crippen molar-refractivity contribution in [3.05, 3.63) is 128 Å². The molecule has 0 aliphatic heterocycles. The van der Waals surface area contributed by atoms with Crippen molar-refractivity contribution in [2.75, 3.05) is 0 Å². The third-order valence-corrected chi connectivity index (χ3v) is 6.80. The number of aryl methyl sites for hydroxylation is 2. The van der Waals surface area contributed by atoms with Crippen LogP contribution in [0.2, 0.25) is 10.0 Å². The van der Waals surface area contributed by atoms with Gasteiger partial charge in [0, 0.05) is 21.4 Å². The van der Waals surface area contributed by atoms with Crippen LogP contribution >= 0.6 is 23.2 Å². The smallest absolute Gasteiger partial charge is 0.151 e. The minimum Gasteiger partial charge on any atom is -0.298 e. The van der Waals surface area contributed by atoms with Crippen molar-refractivity contribution in [3.63, 3.8) is 0 Å². The average molecular weight is 525 g/mol. The monoisotopic (exact) mass is 524 g/mol. The van der Waals surface area contributed by atoms with Gasteiger partial charge in [-0.3, -0.25) is 14.8 Å². The van der Waals surface area contributed by atoms with Gasteiger partial charge in [-0.25, -0.2) is 8.78 Å². The Bertz CT molecular complexity index is 1300. The molecule has 184 valence electrons. The van der Waals surface area contributed by atoms with Crippen molar-refractivity contribution in [3.8, 4) is 0 Å². The molecular formula is C29H24Cl2F2N2O. The van der Waals surface area contributed by atoms with Crippen molar-refractivity contribution >= 4 is 29.0 Å². The fourth-order valence-electron chi connectivity index (χ4n) is 4.28. The van der Waals surface area contributed by atoms with Crippen molar-refractivity contribution in [1.29, 1.82) is 0 Å². The van der Waals surface area contributed by atoms with Gasteiger partial charge in [0.15, 0.2) is 5.78 Å². The largest absolute Gasteiger partial charge is 0.298 e. The number of hydrogen-bond acceptors (Lipinski definition) is 3. The number of benzene rings is 2. The summed E-state index contributed by atoms with van der Waals surface area (Å²) in [6, 6.07) is 19.3. The second kappa shape index (κ2) is 11.3. The van der Waals surface area contributed by atoms with Crippen LogP contribution in [0, 0.1) is 25.5 Å². The van der Waals surface area contributed by atoms with Gasteiger partial charge < -0.3 is 0 Å². The Morgan fingerprint density at radius 3 is 1.50 bits per heavy atom. The van der Waals surface area contributed by atoms with Crippen LogP contribution in [0.25, 0.3) is 0 Å². The van der Waals surface area contributed by atoms with Crippen molar-refractivity contribution in [2.45, 2.75) is 38.5 Å². The van der Waals surface area contributed by atoms with E-state index in [4.69, 9.17) is 23.2 Å². The molecule has 0 radical (unpaired) electrons. The lowest BCUT2D eigenvalue weighted by atomic mass is 9.81. The van der Waals surface area contributed by atoms with Gasteiger partial charge in [-0.15, -0.1) is 0 Å². The van der Waals surface area contributed by atoms with Crippen molar-refractivity contribution in [2.24, 2.45) is 0 Å². The molecule has 0 amide bonds. The average Bonchev–Trinajstić information content (AvgIpc) is 2.83. The molecule has 0 saturated carbocycles. The van der Waals surface area contributed by atoms with Crippen LogP contribution in [0.1, 0.15) is 45.7 Å². The number of nitrogens with zero attached hydrogens (tertiary/aromatic N) is 2. The maximum atomic E-state index is 14.3. The Hall–Kier alpha value is -3.15. The lowest BCUT2D eigenvalue weighted by Crippen LogP contribution is -2.26. The van der Waals surface area contributed by atoms with Gasteiger partial charge in [0.2, 0.25) is 0 Å². The summed E-state index contributed by atoms with van der Waals surface area (Å²) in [5.74, 6) is -2.40. The fraction of sp³-hybridized carbons (Fsp3) is 0.207. The van der Waals surface area contributed by atoms with Crippen LogP contribution in [0.4, 0.5) is 8.78 Å². The van der Waals surface area contributed by atoms with Crippen LogP contribution in [0.15, 0.2) is 72.8 Å². The summed E-state index contributed by atoms with van der Waals surface area (Å²) in [6.07, 6.45) is 0.460. The van der Waals surface area contributed by atoms with E-state index in [1.165, 1.54) is 24.3 Å². The highest BCUT2D eigenvalue weighted by Gasteiger charge is 2.32. The number of Topliss-reactive ketones (excluding diaryl/α,β-unsaturated/α-hetero) is 1. The van der Waals surface area contributed by atoms with E-state index in [0.29, 0.717) is 22.5 Å². The number of carbonyl (C=O) groups excluding carboxylic acids is 1. The van der Waals surface area contributed by atoms with E-state index in [-0.39, 0.29) is 28.7 Å². The number of halogens is 4. The normalized spacial score (nSPS) is 12.8. The summed E-state index contributed by atoms with van der Waals surface area (Å²) in [6.45, 7) is 3.71. The second-order valence-corrected chi connectivity index (χ2v) is 9.61. The predicted octanol–water partition coefficient (Wildman–Crippen LogP) is 7.60. The Morgan fingerprint density at radius 2 is 1.14 bits per heavy atom. The first-order valence-corrected chi connectivity index (χ1v) is 12.3. The molecule has 4 aromatic rings. The molecule has 2 heterocycles. The van der Waals surface area contributed by atoms with E-state index in [1.54, 1.807) is 24.3 Å². The van der Waals surface area contributed by atoms with Gasteiger partial charge in [-0.05, 0) is 86.3 Å². The molecule has 2 aromatic carbocycles. The van der Waals surface area contributed by atoms with Crippen LogP contribution < -0.4 is 0 Å². The zero-order valence-electron chi connectivity index (χ0n) is 19.8. The van der Waals surface area contributed by atoms with Gasteiger partial charge in [0.1, 0.15) is 11.6 Å². The van der Waals surface area contributed by atoms with E-state index in [0.717, 1.165) is 11.4 Å². The fourth-order valence-corrected chi connectivity index (χ4v) is 4.76. The standard InChI is InChI=1S/C29H24Cl2F2N2O/c1-17-5-3-7-27(34-17)23(13-19-9-11-21(32)15-25(19)30)29(36)24(28-8-4-6-18(2)35-28)14-20-10-12-22(33)16-26(20)31/h3-12,15-16,23-24H,13-14H2,1-2H3. The molecule has 2 atom stereocenters. The topological polar surface area (TPSA) is 42.9 Å². The second-order valence-electron chi connectivity index (χ2n) is 8.79. The van der Waals surface area contributed by atoms with Gasteiger partial charge in [-0.1, -0.05) is 47.5 Å². The summed E-state index contributed by atoms with van der Waals surface area (Å²) < 4.78 is 27.4. The molecule has 36 heavy (non-hydrogen) atoms. The zero-order chi connectivity index (χ0) is 25.8. The molecular weight excluding hydrogens is 501 g/mol. The van der Waals surface area contributed by atoms with Crippen LogP contribution in [0.3, 0.4) is 0 Å². The van der Waals surface area contributed by atoms with Crippen LogP contribution in [-0.2, 0) is 17.6 Å². The van der Waals surface area contributed by atoms with Gasteiger partial charge in [0.25, 0.3) is 0 Å². The first kappa shape index (κ1) is 25.9. The molecule has 2 unspecified atom stereocenters. The Morgan fingerprint density at radius 1 is 0.722 bits per heavy atom. The first-order chi connectivity index (χ1) is 17.2. The quantitative estimate of drug-likeness (QED) is 0.238. The number of rotatable bonds is 8. The molecule has 0 bridgehead atoms. The van der Waals surface area contributed by atoms with E-state index >= 15 is 0 Å². The molecule has 3 nitrogen and oxygen atoms in total. The van der Waals surface area contributed by atoms with E-state index in [9.17, 15) is 13.6 Å². The Kier molecular flexibility index (Phi) is 8.12. The Balaban J connectivity index is 1.80. The summed E-state index contributed by atoms with van der Waals surface area (Å²) in [5, 5.41) is 0.486. The highest BCUT2D eigenvalue weighted by Crippen LogP contribution is 2.34. The molecule has 4 rings (SSSR count). The van der Waals surface area contributed by atoms with Crippen molar-refractivity contribution in [1.82, 2.24) is 9.97 Å². The molecule has 0 aliphatic carbocycles. The van der Waals surface area contributed by atoms with E-state index in [2.05, 4.69) is 9.97 Å². The van der Waals surface area contributed by atoms with Crippen LogP contribution in [0.5, 0.6) is 0 Å². The zero-order valence-corrected chi connectivity index (χ0v) is 21.3. The Labute approximate surface area is 219 Å². The first-order valence-electron chi connectivity index (χ1n) is 11.5. The molecule has 0 spiro atoms. The van der Waals surface area contributed by atoms with Crippen LogP contribution in [-0.4, -0.2) is 15.8 Å². The summed E-state index contributed by atoms with van der Waals surface area (Å²) in [7, 11) is 0. The molecule has 7 heteroatoms. The minimum absolute atomic E-state index is 0.132. The predicted molar refractivity (Wildman–Crippen MR) is 139 cm³/mol. The van der Waals surface area contributed by atoms with Crippen molar-refractivity contribution < 1.29 is 13.6 Å². The minimum atomic E-state index is -0.681. The molecule has 2 aromatic heterocycles. The maximum Gasteiger partial charge on any atom is 0.151 e. The highest BCUT2D eigenvalue weighted by atomic mass is 35.5. The third kappa shape index (κ3) is 6.15. The summed E-state index contributed by atoms with van der Waals surface area (Å²) >= 11 is 12.7. The lowest BCUT2D eigenvalue weighted by Gasteiger charge is -2.24. The van der Waals surface area contributed by atoms with Gasteiger partial charge in [0.05, 0.1) is 23.2 Å². The number of ketones is 1. The number of carbonyl (C=O) groups is 1. The third-order valence-electron chi connectivity index (χ3n) is 6.10. The van der Waals surface area contributed by atoms with Gasteiger partial charge in [-0.2, -0.15) is 0 Å². The maximum absolute atomic E-state index is 14.3. The number of pyridine rings is 2. The summed E-state index contributed by atoms with van der Waals surface area (Å²) in [5.41, 5.74) is 3.97.